The molecule has 1 N–H and O–H groups in total. The number of aromatic nitrogens is 1. The number of amides is 1. The van der Waals surface area contributed by atoms with Crippen LogP contribution in [0.1, 0.15) is 30.6 Å². The van der Waals surface area contributed by atoms with Gasteiger partial charge in [-0.15, -0.1) is 11.3 Å². The molecule has 1 unspecified atom stereocenters. The molecule has 0 aliphatic heterocycles. The van der Waals surface area contributed by atoms with Gasteiger partial charge >= 0.3 is 5.97 Å². The third kappa shape index (κ3) is 4.46. The molecule has 3 rings (SSSR count). The van der Waals surface area contributed by atoms with E-state index in [-0.39, 0.29) is 5.91 Å². The molecule has 0 saturated heterocycles. The number of halogens is 1. The summed E-state index contributed by atoms with van der Waals surface area (Å²) in [6, 6.07) is 12.7. The Kier molecular flexibility index (Phi) is 6.08. The van der Waals surface area contributed by atoms with Crippen molar-refractivity contribution in [3.63, 3.8) is 0 Å². The van der Waals surface area contributed by atoms with E-state index in [2.05, 4.69) is 10.3 Å². The fraction of sp³-hybridized carbons (Fsp3) is 0.250. The molecule has 2 heterocycles. The van der Waals surface area contributed by atoms with E-state index in [1.807, 2.05) is 37.3 Å². The lowest BCUT2D eigenvalue weighted by Gasteiger charge is -2.14. The SMILES string of the molecule is CCCNC(=O)C(C)OC(=O)c1cc(-c2ccc(Cl)s2)nc2ccccc12. The molecule has 0 saturated carbocycles. The molecule has 0 radical (unpaired) electrons. The molecular weight excluding hydrogens is 384 g/mol. The van der Waals surface area contributed by atoms with Crippen LogP contribution in [-0.2, 0) is 9.53 Å². The highest BCUT2D eigenvalue weighted by atomic mass is 35.5. The van der Waals surface area contributed by atoms with E-state index in [1.54, 1.807) is 19.1 Å². The van der Waals surface area contributed by atoms with Gasteiger partial charge in [0.05, 0.1) is 26.0 Å². The zero-order chi connectivity index (χ0) is 19.4. The highest BCUT2D eigenvalue weighted by molar-refractivity contribution is 7.19. The molecule has 27 heavy (non-hydrogen) atoms. The average Bonchev–Trinajstić information content (AvgIpc) is 3.11. The summed E-state index contributed by atoms with van der Waals surface area (Å²) in [5.74, 6) is -0.870. The third-order valence-electron chi connectivity index (χ3n) is 3.96. The summed E-state index contributed by atoms with van der Waals surface area (Å²) >= 11 is 7.42. The van der Waals surface area contributed by atoms with Crippen molar-refractivity contribution >= 4 is 45.7 Å². The molecule has 0 aliphatic carbocycles. The molecule has 7 heteroatoms. The van der Waals surface area contributed by atoms with Crippen molar-refractivity contribution in [3.8, 4) is 10.6 Å². The van der Waals surface area contributed by atoms with Crippen molar-refractivity contribution in [2.24, 2.45) is 0 Å². The quantitative estimate of drug-likeness (QED) is 0.607. The second-order valence-electron chi connectivity index (χ2n) is 6.01. The number of thiophene rings is 1. The number of hydrogen-bond acceptors (Lipinski definition) is 5. The Balaban J connectivity index is 1.94. The van der Waals surface area contributed by atoms with Gasteiger partial charge in [-0.2, -0.15) is 0 Å². The van der Waals surface area contributed by atoms with Gasteiger partial charge in [0.15, 0.2) is 6.10 Å². The first-order valence-electron chi connectivity index (χ1n) is 8.63. The first-order valence-corrected chi connectivity index (χ1v) is 9.83. The van der Waals surface area contributed by atoms with Crippen LogP contribution in [0.5, 0.6) is 0 Å². The van der Waals surface area contributed by atoms with Crippen LogP contribution < -0.4 is 5.32 Å². The van der Waals surface area contributed by atoms with Crippen LogP contribution in [0.2, 0.25) is 4.34 Å². The van der Waals surface area contributed by atoms with E-state index >= 15 is 0 Å². The largest absolute Gasteiger partial charge is 0.449 e. The maximum Gasteiger partial charge on any atom is 0.339 e. The van der Waals surface area contributed by atoms with E-state index in [0.29, 0.717) is 33.0 Å². The van der Waals surface area contributed by atoms with Gasteiger partial charge in [0.1, 0.15) is 0 Å². The van der Waals surface area contributed by atoms with Gasteiger partial charge in [-0.05, 0) is 37.6 Å². The minimum absolute atomic E-state index is 0.311. The summed E-state index contributed by atoms with van der Waals surface area (Å²) in [6.45, 7) is 4.06. The summed E-state index contributed by atoms with van der Waals surface area (Å²) in [5, 5.41) is 3.40. The fourth-order valence-corrected chi connectivity index (χ4v) is 3.60. The summed E-state index contributed by atoms with van der Waals surface area (Å²) in [7, 11) is 0. The second kappa shape index (κ2) is 8.50. The molecule has 1 aromatic carbocycles. The van der Waals surface area contributed by atoms with Gasteiger partial charge in [0.25, 0.3) is 5.91 Å². The van der Waals surface area contributed by atoms with Crippen LogP contribution in [0.4, 0.5) is 0 Å². The number of hydrogen-bond donors (Lipinski definition) is 1. The number of carbonyl (C=O) groups is 2. The standard InChI is InChI=1S/C20H19ClN2O3S/c1-3-10-22-19(24)12(2)26-20(25)14-11-16(17-8-9-18(21)27-17)23-15-7-5-4-6-13(14)15/h4-9,11-12H,3,10H2,1-2H3,(H,22,24). The maximum atomic E-state index is 12.8. The normalized spacial score (nSPS) is 12.0. The van der Waals surface area contributed by atoms with Crippen LogP contribution in [-0.4, -0.2) is 29.5 Å². The number of pyridine rings is 1. The molecule has 0 spiro atoms. The van der Waals surface area contributed by atoms with E-state index < -0.39 is 12.1 Å². The smallest absolute Gasteiger partial charge is 0.339 e. The van der Waals surface area contributed by atoms with Gasteiger partial charge < -0.3 is 10.1 Å². The molecule has 0 aliphatic rings. The zero-order valence-corrected chi connectivity index (χ0v) is 16.6. The number of para-hydroxylation sites is 1. The number of carbonyl (C=O) groups excluding carboxylic acids is 2. The van der Waals surface area contributed by atoms with Crippen molar-refractivity contribution < 1.29 is 14.3 Å². The van der Waals surface area contributed by atoms with Gasteiger partial charge in [0.2, 0.25) is 0 Å². The number of ether oxygens (including phenoxy) is 1. The number of nitrogens with zero attached hydrogens (tertiary/aromatic N) is 1. The number of rotatable bonds is 6. The Bertz CT molecular complexity index is 986. The van der Waals surface area contributed by atoms with Crippen molar-refractivity contribution in [3.05, 3.63) is 52.4 Å². The van der Waals surface area contributed by atoms with Gasteiger partial charge in [-0.1, -0.05) is 36.7 Å². The van der Waals surface area contributed by atoms with Gasteiger partial charge in [-0.25, -0.2) is 9.78 Å². The second-order valence-corrected chi connectivity index (χ2v) is 7.73. The Morgan fingerprint density at radius 1 is 1.26 bits per heavy atom. The summed E-state index contributed by atoms with van der Waals surface area (Å²) in [6.07, 6.45) is -0.0654. The first kappa shape index (κ1) is 19.3. The Morgan fingerprint density at radius 2 is 2.04 bits per heavy atom. The lowest BCUT2D eigenvalue weighted by Crippen LogP contribution is -2.36. The lowest BCUT2D eigenvalue weighted by atomic mass is 10.1. The number of fused-ring (bicyclic) bond motifs is 1. The highest BCUT2D eigenvalue weighted by Gasteiger charge is 2.21. The third-order valence-corrected chi connectivity index (χ3v) is 5.22. The van der Waals surface area contributed by atoms with E-state index in [0.717, 1.165) is 11.3 Å². The van der Waals surface area contributed by atoms with Gasteiger partial charge in [0, 0.05) is 11.9 Å². The predicted molar refractivity (Wildman–Crippen MR) is 108 cm³/mol. The molecule has 1 atom stereocenters. The molecular formula is C20H19ClN2O3S. The van der Waals surface area contributed by atoms with E-state index in [1.165, 1.54) is 11.3 Å². The lowest BCUT2D eigenvalue weighted by molar-refractivity contribution is -0.129. The van der Waals surface area contributed by atoms with Crippen molar-refractivity contribution in [2.75, 3.05) is 6.54 Å². The van der Waals surface area contributed by atoms with Crippen LogP contribution >= 0.6 is 22.9 Å². The highest BCUT2D eigenvalue weighted by Crippen LogP contribution is 2.32. The maximum absolute atomic E-state index is 12.8. The van der Waals surface area contributed by atoms with Crippen molar-refractivity contribution in [2.45, 2.75) is 26.4 Å². The topological polar surface area (TPSA) is 68.3 Å². The van der Waals surface area contributed by atoms with Crippen LogP contribution in [0.25, 0.3) is 21.5 Å². The van der Waals surface area contributed by atoms with Crippen molar-refractivity contribution in [1.82, 2.24) is 10.3 Å². The molecule has 140 valence electrons. The minimum atomic E-state index is -0.879. The number of benzene rings is 1. The molecule has 5 nitrogen and oxygen atoms in total. The molecule has 3 aromatic rings. The Labute approximate surface area is 166 Å². The van der Waals surface area contributed by atoms with Crippen LogP contribution in [0.15, 0.2) is 42.5 Å². The summed E-state index contributed by atoms with van der Waals surface area (Å²) in [5.41, 5.74) is 1.69. The van der Waals surface area contributed by atoms with Crippen LogP contribution in [0, 0.1) is 0 Å². The number of esters is 1. The molecule has 1 amide bonds. The minimum Gasteiger partial charge on any atom is -0.449 e. The average molecular weight is 403 g/mol. The predicted octanol–water partition coefficient (Wildman–Crippen LogP) is 4.69. The molecule has 0 fully saturated rings. The van der Waals surface area contributed by atoms with Crippen molar-refractivity contribution in [1.29, 1.82) is 0 Å². The fourth-order valence-electron chi connectivity index (χ4n) is 2.59. The van der Waals surface area contributed by atoms with Crippen LogP contribution in [0.3, 0.4) is 0 Å². The number of nitrogens with one attached hydrogen (secondary N) is 1. The van der Waals surface area contributed by atoms with Gasteiger partial charge in [-0.3, -0.25) is 4.79 Å². The van der Waals surface area contributed by atoms with E-state index in [9.17, 15) is 9.59 Å². The zero-order valence-electron chi connectivity index (χ0n) is 15.0. The van der Waals surface area contributed by atoms with E-state index in [4.69, 9.17) is 16.3 Å². The Hall–Kier alpha value is -2.44. The summed E-state index contributed by atoms with van der Waals surface area (Å²) in [4.78, 5) is 30.3. The summed E-state index contributed by atoms with van der Waals surface area (Å²) < 4.78 is 6.04. The Morgan fingerprint density at radius 3 is 2.74 bits per heavy atom. The molecule has 2 aromatic heterocycles. The molecule has 0 bridgehead atoms. The monoisotopic (exact) mass is 402 g/mol. The first-order chi connectivity index (χ1) is 13.0.